The van der Waals surface area contributed by atoms with E-state index in [-0.39, 0.29) is 11.2 Å². The van der Waals surface area contributed by atoms with Gasteiger partial charge in [0.1, 0.15) is 5.60 Å². The summed E-state index contributed by atoms with van der Waals surface area (Å²) in [5.41, 5.74) is 1.05. The van der Waals surface area contributed by atoms with E-state index in [9.17, 15) is 0 Å². The lowest BCUT2D eigenvalue weighted by atomic mass is 9.85. The number of thioether (sulfide) groups is 1. The molecule has 3 rings (SSSR count). The lowest BCUT2D eigenvalue weighted by molar-refractivity contribution is -0.106. The number of rotatable bonds is 4. The Morgan fingerprint density at radius 3 is 2.60 bits per heavy atom. The first kappa shape index (κ1) is 14.0. The van der Waals surface area contributed by atoms with Crippen molar-refractivity contribution in [2.75, 3.05) is 0 Å². The lowest BCUT2D eigenvalue weighted by Gasteiger charge is -2.46. The minimum atomic E-state index is -0.175. The van der Waals surface area contributed by atoms with Crippen molar-refractivity contribution in [2.24, 2.45) is 0 Å². The number of hydrogen-bond acceptors (Lipinski definition) is 2. The second-order valence-corrected chi connectivity index (χ2v) is 6.99. The summed E-state index contributed by atoms with van der Waals surface area (Å²) < 4.78 is 6.53. The van der Waals surface area contributed by atoms with Gasteiger partial charge in [-0.3, -0.25) is 0 Å². The fourth-order valence-corrected chi connectivity index (χ4v) is 4.64. The summed E-state index contributed by atoms with van der Waals surface area (Å²) in [5.74, 6) is 0. The van der Waals surface area contributed by atoms with Gasteiger partial charge in [0, 0.05) is 11.3 Å². The van der Waals surface area contributed by atoms with Crippen molar-refractivity contribution < 1.29 is 4.74 Å². The van der Waals surface area contributed by atoms with Gasteiger partial charge in [0.15, 0.2) is 0 Å². The Balaban J connectivity index is 1.91. The molecule has 1 aromatic carbocycles. The van der Waals surface area contributed by atoms with E-state index in [1.165, 1.54) is 10.5 Å². The van der Waals surface area contributed by atoms with E-state index in [4.69, 9.17) is 4.74 Å². The maximum absolute atomic E-state index is 6.53. The van der Waals surface area contributed by atoms with E-state index in [0.29, 0.717) is 5.25 Å². The molecule has 0 amide bonds. The number of benzene rings is 1. The molecule has 20 heavy (non-hydrogen) atoms. The van der Waals surface area contributed by atoms with Crippen LogP contribution in [0, 0.1) is 0 Å². The third kappa shape index (κ3) is 2.15. The molecule has 0 aromatic heterocycles. The lowest BCUT2D eigenvalue weighted by Crippen LogP contribution is -2.49. The second kappa shape index (κ2) is 5.09. The fraction of sp³-hybridized carbons (Fsp3) is 0.444. The molecule has 2 heterocycles. The molecule has 1 saturated heterocycles. The average Bonchev–Trinajstić information content (AvgIpc) is 2.81. The fourth-order valence-electron chi connectivity index (χ4n) is 3.31. The van der Waals surface area contributed by atoms with Gasteiger partial charge in [-0.05, 0) is 25.0 Å². The molecule has 0 N–H and O–H groups in total. The minimum Gasteiger partial charge on any atom is -0.359 e. The van der Waals surface area contributed by atoms with E-state index in [2.05, 4.69) is 62.9 Å². The zero-order valence-corrected chi connectivity index (χ0v) is 13.1. The molecule has 1 nitrogen and oxygen atoms in total. The summed E-state index contributed by atoms with van der Waals surface area (Å²) >= 11 is 1.89. The number of hydrogen-bond donors (Lipinski definition) is 0. The molecule has 106 valence electrons. The zero-order valence-electron chi connectivity index (χ0n) is 12.3. The summed E-state index contributed by atoms with van der Waals surface area (Å²) in [5, 5.41) is 0.313. The Morgan fingerprint density at radius 1 is 1.20 bits per heavy atom. The van der Waals surface area contributed by atoms with E-state index in [0.717, 1.165) is 19.3 Å². The Hall–Kier alpha value is -0.990. The largest absolute Gasteiger partial charge is 0.359 e. The molecule has 3 atom stereocenters. The highest BCUT2D eigenvalue weighted by atomic mass is 32.2. The smallest absolute Gasteiger partial charge is 0.103 e. The van der Waals surface area contributed by atoms with Crippen LogP contribution >= 0.6 is 11.8 Å². The highest BCUT2D eigenvalue weighted by Gasteiger charge is 2.53. The van der Waals surface area contributed by atoms with Crippen molar-refractivity contribution in [3.63, 3.8) is 0 Å². The van der Waals surface area contributed by atoms with Gasteiger partial charge in [-0.1, -0.05) is 56.4 Å². The topological polar surface area (TPSA) is 9.23 Å². The summed E-state index contributed by atoms with van der Waals surface area (Å²) in [6.07, 6.45) is 7.55. The van der Waals surface area contributed by atoms with Crippen molar-refractivity contribution in [3.05, 3.63) is 54.6 Å². The maximum Gasteiger partial charge on any atom is 0.103 e. The highest BCUT2D eigenvalue weighted by Crippen LogP contribution is 2.53. The van der Waals surface area contributed by atoms with Gasteiger partial charge in [0.05, 0.1) is 10.9 Å². The predicted molar refractivity (Wildman–Crippen MR) is 86.1 cm³/mol. The molecule has 2 bridgehead atoms. The van der Waals surface area contributed by atoms with Crippen LogP contribution in [-0.2, 0) is 4.74 Å². The third-order valence-corrected chi connectivity index (χ3v) is 6.06. The molecule has 1 aromatic rings. The van der Waals surface area contributed by atoms with E-state index in [1.54, 1.807) is 0 Å². The van der Waals surface area contributed by atoms with Crippen LogP contribution in [-0.4, -0.2) is 16.5 Å². The van der Waals surface area contributed by atoms with E-state index >= 15 is 0 Å². The van der Waals surface area contributed by atoms with Gasteiger partial charge in [-0.2, -0.15) is 0 Å². The Labute approximate surface area is 126 Å². The molecule has 0 spiro atoms. The first-order valence-corrected chi connectivity index (χ1v) is 8.31. The monoisotopic (exact) mass is 286 g/mol. The second-order valence-electron chi connectivity index (χ2n) is 5.81. The van der Waals surface area contributed by atoms with Gasteiger partial charge in [0.25, 0.3) is 0 Å². The van der Waals surface area contributed by atoms with Crippen LogP contribution in [0.15, 0.2) is 59.5 Å². The van der Waals surface area contributed by atoms with Gasteiger partial charge < -0.3 is 4.74 Å². The Bertz CT molecular complexity index is 536. The van der Waals surface area contributed by atoms with Crippen LogP contribution in [0.1, 0.15) is 33.1 Å². The van der Waals surface area contributed by atoms with E-state index in [1.807, 2.05) is 11.8 Å². The van der Waals surface area contributed by atoms with Gasteiger partial charge >= 0.3 is 0 Å². The van der Waals surface area contributed by atoms with Crippen LogP contribution < -0.4 is 0 Å². The number of ether oxygens (including phenoxy) is 1. The molecule has 0 radical (unpaired) electrons. The van der Waals surface area contributed by atoms with Crippen molar-refractivity contribution in [2.45, 2.75) is 54.5 Å². The van der Waals surface area contributed by atoms with Crippen LogP contribution in [0.4, 0.5) is 0 Å². The maximum atomic E-state index is 6.53. The third-order valence-electron chi connectivity index (χ3n) is 4.55. The predicted octanol–water partition coefficient (Wildman–Crippen LogP) is 4.99. The SMILES string of the molecule is C=C1C[C@]2(CC)C=C[C@@](CC)(O2)[C@@H]1Sc1ccccc1. The number of fused-ring (bicyclic) bond motifs is 2. The molecule has 2 aliphatic heterocycles. The summed E-state index contributed by atoms with van der Waals surface area (Å²) in [7, 11) is 0. The van der Waals surface area contributed by atoms with Gasteiger partial charge in [-0.15, -0.1) is 11.8 Å². The Morgan fingerprint density at radius 2 is 1.95 bits per heavy atom. The van der Waals surface area contributed by atoms with E-state index < -0.39 is 0 Å². The molecule has 1 fully saturated rings. The van der Waals surface area contributed by atoms with Crippen molar-refractivity contribution >= 4 is 11.8 Å². The van der Waals surface area contributed by atoms with Crippen molar-refractivity contribution in [1.82, 2.24) is 0 Å². The molecule has 2 heteroatoms. The van der Waals surface area contributed by atoms with Crippen LogP contribution in [0.2, 0.25) is 0 Å². The van der Waals surface area contributed by atoms with Crippen molar-refractivity contribution in [3.8, 4) is 0 Å². The first-order chi connectivity index (χ1) is 9.63. The summed E-state index contributed by atoms with van der Waals surface area (Å²) in [4.78, 5) is 1.29. The van der Waals surface area contributed by atoms with Gasteiger partial charge in [0.2, 0.25) is 0 Å². The summed E-state index contributed by atoms with van der Waals surface area (Å²) in [6, 6.07) is 10.6. The van der Waals surface area contributed by atoms with Crippen LogP contribution in [0.3, 0.4) is 0 Å². The zero-order chi connectivity index (χ0) is 14.2. The van der Waals surface area contributed by atoms with Crippen LogP contribution in [0.5, 0.6) is 0 Å². The molecule has 0 unspecified atom stereocenters. The van der Waals surface area contributed by atoms with Crippen molar-refractivity contribution in [1.29, 1.82) is 0 Å². The summed E-state index contributed by atoms with van der Waals surface area (Å²) in [6.45, 7) is 8.80. The molecular formula is C18H22OS. The van der Waals surface area contributed by atoms with Crippen LogP contribution in [0.25, 0.3) is 0 Å². The minimum absolute atomic E-state index is 0.0964. The normalized spacial score (nSPS) is 35.5. The average molecular weight is 286 g/mol. The quantitative estimate of drug-likeness (QED) is 0.721. The molecule has 0 saturated carbocycles. The molecule has 2 aliphatic rings. The molecule has 0 aliphatic carbocycles. The first-order valence-electron chi connectivity index (χ1n) is 7.43. The Kier molecular flexibility index (Phi) is 3.55. The highest BCUT2D eigenvalue weighted by molar-refractivity contribution is 8.00. The molecular weight excluding hydrogens is 264 g/mol. The standard InChI is InChI=1S/C18H22OS/c1-4-17-11-12-18(5-2,19-17)16(14(3)13-17)20-15-9-7-6-8-10-15/h6-12,16H,3-5,13H2,1-2H3/t16-,17+,18-/m1/s1. The van der Waals surface area contributed by atoms with Gasteiger partial charge in [-0.25, -0.2) is 0 Å².